The van der Waals surface area contributed by atoms with Crippen molar-refractivity contribution in [3.05, 3.63) is 23.3 Å². The van der Waals surface area contributed by atoms with Crippen LogP contribution in [0.25, 0.3) is 0 Å². The molecular formula is C27H33N3O8. The van der Waals surface area contributed by atoms with Gasteiger partial charge in [-0.2, -0.15) is 0 Å². The predicted molar refractivity (Wildman–Crippen MR) is 134 cm³/mol. The summed E-state index contributed by atoms with van der Waals surface area (Å²) in [6, 6.07) is 3.05. The highest BCUT2D eigenvalue weighted by Crippen LogP contribution is 2.53. The van der Waals surface area contributed by atoms with E-state index in [0.717, 1.165) is 0 Å². The number of carbonyl (C=O) groups excluding carboxylic acids is 6. The van der Waals surface area contributed by atoms with E-state index in [1.165, 1.54) is 13.0 Å². The Morgan fingerprint density at radius 3 is 2.34 bits per heavy atom. The molecule has 38 heavy (non-hydrogen) atoms. The number of Topliss-reactive ketones (excluding diaryl/α,β-unsaturated/α-hetero) is 4. The van der Waals surface area contributed by atoms with Crippen LogP contribution in [0.2, 0.25) is 0 Å². The van der Waals surface area contributed by atoms with Gasteiger partial charge in [0.2, 0.25) is 11.8 Å². The van der Waals surface area contributed by atoms with Crippen molar-refractivity contribution < 1.29 is 39.0 Å². The summed E-state index contributed by atoms with van der Waals surface area (Å²) in [5.74, 6) is -11.9. The predicted octanol–water partition coefficient (Wildman–Crippen LogP) is -0.000500. The first-order valence-corrected chi connectivity index (χ1v) is 12.7. The number of rotatable bonds is 5. The summed E-state index contributed by atoms with van der Waals surface area (Å²) in [5, 5.41) is 27.0. The van der Waals surface area contributed by atoms with Gasteiger partial charge < -0.3 is 25.7 Å². The fraction of sp³-hybridized carbons (Fsp3) is 0.556. The van der Waals surface area contributed by atoms with Crippen molar-refractivity contribution in [1.82, 2.24) is 10.6 Å². The van der Waals surface area contributed by atoms with Gasteiger partial charge in [0.15, 0.2) is 34.7 Å². The monoisotopic (exact) mass is 527 g/mol. The van der Waals surface area contributed by atoms with E-state index in [2.05, 4.69) is 10.6 Å². The van der Waals surface area contributed by atoms with Crippen LogP contribution in [0.1, 0.15) is 43.1 Å². The molecule has 11 heteroatoms. The van der Waals surface area contributed by atoms with Crippen LogP contribution in [0.5, 0.6) is 5.75 Å². The van der Waals surface area contributed by atoms with Gasteiger partial charge in [-0.1, -0.05) is 13.8 Å². The van der Waals surface area contributed by atoms with Crippen molar-refractivity contribution in [3.8, 4) is 5.75 Å². The van der Waals surface area contributed by atoms with Crippen LogP contribution in [0.15, 0.2) is 12.1 Å². The molecule has 2 fully saturated rings. The van der Waals surface area contributed by atoms with E-state index < -0.39 is 76.1 Å². The van der Waals surface area contributed by atoms with Gasteiger partial charge in [-0.3, -0.25) is 28.8 Å². The molecule has 2 amide bonds. The molecule has 2 unspecified atom stereocenters. The van der Waals surface area contributed by atoms with E-state index in [9.17, 15) is 39.0 Å². The van der Waals surface area contributed by atoms with Gasteiger partial charge in [-0.25, -0.2) is 0 Å². The summed E-state index contributed by atoms with van der Waals surface area (Å²) in [6.07, 6.45) is 0.279. The van der Waals surface area contributed by atoms with Gasteiger partial charge in [0.1, 0.15) is 5.75 Å². The summed E-state index contributed by atoms with van der Waals surface area (Å²) in [4.78, 5) is 80.6. The second-order valence-electron chi connectivity index (χ2n) is 11.1. The smallest absolute Gasteiger partial charge is 0.239 e. The minimum Gasteiger partial charge on any atom is -0.507 e. The first-order chi connectivity index (χ1) is 17.7. The Hall–Kier alpha value is -3.60. The maximum Gasteiger partial charge on any atom is 0.239 e. The minimum atomic E-state index is -2.72. The molecule has 0 radical (unpaired) electrons. The summed E-state index contributed by atoms with van der Waals surface area (Å²) in [6.45, 7) is 4.30. The quantitative estimate of drug-likeness (QED) is 0.304. The summed E-state index contributed by atoms with van der Waals surface area (Å²) in [5.41, 5.74) is -1.46. The highest BCUT2D eigenvalue weighted by atomic mass is 16.3. The zero-order valence-corrected chi connectivity index (χ0v) is 22.0. The third-order valence-corrected chi connectivity index (χ3v) is 8.23. The number of nitrogens with one attached hydrogen (secondary N) is 2. The largest absolute Gasteiger partial charge is 0.507 e. The number of amides is 2. The number of hydrogen-bond acceptors (Lipinski definition) is 9. The Kier molecular flexibility index (Phi) is 6.94. The highest BCUT2D eigenvalue weighted by Gasteiger charge is 2.69. The van der Waals surface area contributed by atoms with E-state index in [1.807, 2.05) is 0 Å². The fourth-order valence-corrected chi connectivity index (χ4v) is 6.59. The summed E-state index contributed by atoms with van der Waals surface area (Å²) < 4.78 is 0. The van der Waals surface area contributed by atoms with Crippen LogP contribution >= 0.6 is 0 Å². The average Bonchev–Trinajstić information content (AvgIpc) is 2.80. The van der Waals surface area contributed by atoms with Gasteiger partial charge in [0.25, 0.3) is 0 Å². The molecule has 2 saturated carbocycles. The van der Waals surface area contributed by atoms with Crippen LogP contribution in [0.4, 0.5) is 5.69 Å². The van der Waals surface area contributed by atoms with Crippen LogP contribution < -0.4 is 15.5 Å². The Morgan fingerprint density at radius 1 is 1.11 bits per heavy atom. The van der Waals surface area contributed by atoms with Gasteiger partial charge in [-0.15, -0.1) is 0 Å². The Labute approximate surface area is 219 Å². The third-order valence-electron chi connectivity index (χ3n) is 8.23. The first kappa shape index (κ1) is 27.4. The molecule has 0 aliphatic heterocycles. The Bertz CT molecular complexity index is 1250. The molecule has 4 N–H and O–H groups in total. The van der Waals surface area contributed by atoms with Gasteiger partial charge >= 0.3 is 0 Å². The third kappa shape index (κ3) is 4.00. The lowest BCUT2D eigenvalue weighted by Gasteiger charge is -2.52. The molecule has 3 aliphatic carbocycles. The standard InChI is InChI=1S/C27H33N3O8/c1-11(2)18-15-9-13-8-14-16(30(4)5)6-7-17(32)20(14)23(34)19(13)24(35)27(15,38)25(36)21(22(18)33)26(37)29-10-28-12(3)31/h6-7,11,13,15,18-19,21,32,38H,8-10H2,1-5H3,(H,28,31)(H,29,37)/t13-,15-,18-,19?,21?,27-/m0/s1. The summed E-state index contributed by atoms with van der Waals surface area (Å²) >= 11 is 0. The zero-order valence-electron chi connectivity index (χ0n) is 22.0. The van der Waals surface area contributed by atoms with Crippen molar-refractivity contribution in [1.29, 1.82) is 0 Å². The lowest BCUT2D eigenvalue weighted by Crippen LogP contribution is -2.71. The van der Waals surface area contributed by atoms with Crippen molar-refractivity contribution in [2.75, 3.05) is 25.7 Å². The molecule has 0 aromatic heterocycles. The van der Waals surface area contributed by atoms with Gasteiger partial charge in [0, 0.05) is 38.5 Å². The number of phenolic OH excluding ortho intramolecular Hbond substituents is 1. The Balaban J connectivity index is 1.78. The Morgan fingerprint density at radius 2 is 1.76 bits per heavy atom. The van der Waals surface area contributed by atoms with E-state index in [0.29, 0.717) is 11.3 Å². The zero-order chi connectivity index (χ0) is 28.3. The van der Waals surface area contributed by atoms with Crippen LogP contribution in [0, 0.1) is 35.5 Å². The van der Waals surface area contributed by atoms with Crippen molar-refractivity contribution in [2.45, 2.75) is 39.2 Å². The fourth-order valence-electron chi connectivity index (χ4n) is 6.59. The van der Waals surface area contributed by atoms with Crippen LogP contribution in [-0.2, 0) is 30.4 Å². The van der Waals surface area contributed by atoms with Gasteiger partial charge in [-0.05, 0) is 42.4 Å². The molecule has 4 rings (SSSR count). The molecule has 0 saturated heterocycles. The molecule has 0 bridgehead atoms. The molecule has 0 spiro atoms. The van der Waals surface area contributed by atoms with Crippen molar-refractivity contribution in [3.63, 3.8) is 0 Å². The van der Waals surface area contributed by atoms with Crippen molar-refractivity contribution in [2.24, 2.45) is 35.5 Å². The van der Waals surface area contributed by atoms with Gasteiger partial charge in [0.05, 0.1) is 18.2 Å². The number of hydrogen-bond donors (Lipinski definition) is 4. The molecule has 1 aromatic rings. The SMILES string of the molecule is CC(=O)NCNC(=O)C1C(=O)[C@@H](C(C)C)[C@@H]2C[C@@H]3Cc4c(N(C)C)ccc(O)c4C(=O)C3C(=O)[C@]2(O)C1=O. The molecule has 3 aliphatic rings. The topological polar surface area (TPSA) is 170 Å². The number of phenols is 1. The van der Waals surface area contributed by atoms with Crippen LogP contribution in [-0.4, -0.2) is 71.5 Å². The first-order valence-electron chi connectivity index (χ1n) is 12.7. The van der Waals surface area contributed by atoms with Crippen LogP contribution in [0.3, 0.4) is 0 Å². The number of fused-ring (bicyclic) bond motifs is 3. The highest BCUT2D eigenvalue weighted by molar-refractivity contribution is 6.32. The maximum atomic E-state index is 13.9. The van der Waals surface area contributed by atoms with Crippen molar-refractivity contribution >= 4 is 40.6 Å². The van der Waals surface area contributed by atoms with E-state index in [4.69, 9.17) is 0 Å². The molecule has 11 nitrogen and oxygen atoms in total. The number of aromatic hydroxyl groups is 1. The van der Waals surface area contributed by atoms with E-state index >= 15 is 0 Å². The average molecular weight is 528 g/mol. The van der Waals surface area contributed by atoms with E-state index in [-0.39, 0.29) is 30.8 Å². The molecular weight excluding hydrogens is 494 g/mol. The lowest BCUT2D eigenvalue weighted by molar-refractivity contribution is -0.183. The molecule has 1 aromatic carbocycles. The number of carbonyl (C=O) groups is 6. The number of nitrogens with zero attached hydrogens (tertiary/aromatic N) is 1. The second-order valence-corrected chi connectivity index (χ2v) is 11.1. The lowest BCUT2D eigenvalue weighted by atomic mass is 9.50. The molecule has 6 atom stereocenters. The maximum absolute atomic E-state index is 13.9. The number of aliphatic hydroxyl groups is 1. The molecule has 0 heterocycles. The summed E-state index contributed by atoms with van der Waals surface area (Å²) in [7, 11) is 3.58. The van der Waals surface area contributed by atoms with E-state index in [1.54, 1.807) is 38.9 Å². The second kappa shape index (κ2) is 9.61. The minimum absolute atomic E-state index is 0.0165. The number of ketones is 4. The normalized spacial score (nSPS) is 30.3. The number of anilines is 1. The number of benzene rings is 1. The molecule has 204 valence electrons.